The molecule has 96 valence electrons. The summed E-state index contributed by atoms with van der Waals surface area (Å²) in [6.07, 6.45) is -0.283. The molecule has 0 aromatic heterocycles. The quantitative estimate of drug-likeness (QED) is 0.746. The van der Waals surface area contributed by atoms with E-state index < -0.39 is 0 Å². The fraction of sp³-hybridized carbons (Fsp3) is 0.538. The molecule has 0 radical (unpaired) electrons. The second-order valence-electron chi connectivity index (χ2n) is 4.11. The van der Waals surface area contributed by atoms with Crippen molar-refractivity contribution in [3.63, 3.8) is 0 Å². The third-order valence-electron chi connectivity index (χ3n) is 2.76. The number of ether oxygens (including phenoxy) is 2. The molecule has 0 aliphatic carbocycles. The van der Waals surface area contributed by atoms with Gasteiger partial charge in [0.15, 0.2) is 6.29 Å². The highest BCUT2D eigenvalue weighted by Gasteiger charge is 2.18. The van der Waals surface area contributed by atoms with Crippen LogP contribution >= 0.6 is 0 Å². The molecule has 0 aliphatic heterocycles. The molecule has 0 heterocycles. The van der Waals surface area contributed by atoms with Crippen molar-refractivity contribution in [3.8, 4) is 5.75 Å². The lowest BCUT2D eigenvalue weighted by atomic mass is 10.1. The van der Waals surface area contributed by atoms with Gasteiger partial charge in [-0.05, 0) is 31.5 Å². The lowest BCUT2D eigenvalue weighted by Gasteiger charge is -2.26. The Morgan fingerprint density at radius 2 is 1.82 bits per heavy atom. The lowest BCUT2D eigenvalue weighted by Crippen LogP contribution is -2.40. The Hall–Kier alpha value is -1.10. The normalized spacial score (nSPS) is 14.9. The average molecular weight is 239 g/mol. The summed E-state index contributed by atoms with van der Waals surface area (Å²) >= 11 is 0. The number of benzene rings is 1. The fourth-order valence-corrected chi connectivity index (χ4v) is 1.87. The molecule has 1 aromatic rings. The number of aromatic hydroxyl groups is 1. The molecule has 0 saturated heterocycles. The SMILES string of the molecule is COC(OC)C(C)NC(C)c1cccc(O)c1. The molecular formula is C13H21NO3. The van der Waals surface area contributed by atoms with Gasteiger partial charge in [0.25, 0.3) is 0 Å². The van der Waals surface area contributed by atoms with Crippen molar-refractivity contribution >= 4 is 0 Å². The highest BCUT2D eigenvalue weighted by atomic mass is 16.7. The number of hydrogen-bond acceptors (Lipinski definition) is 4. The van der Waals surface area contributed by atoms with Gasteiger partial charge >= 0.3 is 0 Å². The predicted molar refractivity (Wildman–Crippen MR) is 66.9 cm³/mol. The van der Waals surface area contributed by atoms with Crippen molar-refractivity contribution in [1.29, 1.82) is 0 Å². The molecule has 17 heavy (non-hydrogen) atoms. The first kappa shape index (κ1) is 14.0. The minimum atomic E-state index is -0.283. The van der Waals surface area contributed by atoms with Crippen LogP contribution in [0.3, 0.4) is 0 Å². The van der Waals surface area contributed by atoms with Crippen molar-refractivity contribution in [2.75, 3.05) is 14.2 Å². The van der Waals surface area contributed by atoms with Crippen LogP contribution < -0.4 is 5.32 Å². The van der Waals surface area contributed by atoms with Gasteiger partial charge in [-0.25, -0.2) is 0 Å². The molecule has 2 atom stereocenters. The van der Waals surface area contributed by atoms with E-state index in [0.29, 0.717) is 0 Å². The summed E-state index contributed by atoms with van der Waals surface area (Å²) in [7, 11) is 3.23. The second kappa shape index (κ2) is 6.59. The third kappa shape index (κ3) is 4.00. The van der Waals surface area contributed by atoms with E-state index in [9.17, 15) is 5.11 Å². The summed E-state index contributed by atoms with van der Waals surface area (Å²) in [4.78, 5) is 0. The average Bonchev–Trinajstić information content (AvgIpc) is 2.30. The Kier molecular flexibility index (Phi) is 5.41. The van der Waals surface area contributed by atoms with E-state index in [4.69, 9.17) is 9.47 Å². The maximum absolute atomic E-state index is 9.42. The van der Waals surface area contributed by atoms with Crippen LogP contribution in [0.5, 0.6) is 5.75 Å². The number of phenolic OH excluding ortho intramolecular Hbond substituents is 1. The van der Waals surface area contributed by atoms with Crippen molar-refractivity contribution in [3.05, 3.63) is 29.8 Å². The van der Waals surface area contributed by atoms with Gasteiger partial charge in [-0.2, -0.15) is 0 Å². The van der Waals surface area contributed by atoms with E-state index in [1.807, 2.05) is 26.0 Å². The summed E-state index contributed by atoms with van der Waals surface area (Å²) in [5, 5.41) is 12.8. The molecule has 0 aliphatic rings. The summed E-state index contributed by atoms with van der Waals surface area (Å²) in [6, 6.07) is 7.38. The molecular weight excluding hydrogens is 218 g/mol. The number of nitrogens with one attached hydrogen (secondary N) is 1. The van der Waals surface area contributed by atoms with E-state index in [-0.39, 0.29) is 24.1 Å². The van der Waals surface area contributed by atoms with Gasteiger partial charge < -0.3 is 19.9 Å². The van der Waals surface area contributed by atoms with Crippen LogP contribution in [0.2, 0.25) is 0 Å². The van der Waals surface area contributed by atoms with Gasteiger partial charge in [0.2, 0.25) is 0 Å². The van der Waals surface area contributed by atoms with E-state index in [2.05, 4.69) is 5.32 Å². The van der Waals surface area contributed by atoms with Crippen LogP contribution in [0.15, 0.2) is 24.3 Å². The predicted octanol–water partition coefficient (Wildman–Crippen LogP) is 2.05. The van der Waals surface area contributed by atoms with Crippen molar-refractivity contribution in [2.24, 2.45) is 0 Å². The fourth-order valence-electron chi connectivity index (χ4n) is 1.87. The van der Waals surface area contributed by atoms with Crippen LogP contribution in [-0.4, -0.2) is 31.7 Å². The molecule has 1 rings (SSSR count). The smallest absolute Gasteiger partial charge is 0.171 e. The van der Waals surface area contributed by atoms with Crippen LogP contribution in [0.1, 0.15) is 25.5 Å². The van der Waals surface area contributed by atoms with Gasteiger partial charge in [0.1, 0.15) is 5.75 Å². The Labute approximate surface area is 103 Å². The Balaban J connectivity index is 2.62. The largest absolute Gasteiger partial charge is 0.508 e. The summed E-state index contributed by atoms with van der Waals surface area (Å²) in [6.45, 7) is 4.03. The third-order valence-corrected chi connectivity index (χ3v) is 2.76. The van der Waals surface area contributed by atoms with Crippen LogP contribution in [0.25, 0.3) is 0 Å². The molecule has 0 bridgehead atoms. The maximum atomic E-state index is 9.42. The van der Waals surface area contributed by atoms with Gasteiger partial charge in [-0.3, -0.25) is 0 Å². The molecule has 4 heteroatoms. The summed E-state index contributed by atoms with van der Waals surface area (Å²) < 4.78 is 10.4. The summed E-state index contributed by atoms with van der Waals surface area (Å²) in [5.74, 6) is 0.277. The molecule has 0 fully saturated rings. The summed E-state index contributed by atoms with van der Waals surface area (Å²) in [5.41, 5.74) is 1.03. The minimum absolute atomic E-state index is 0.0577. The minimum Gasteiger partial charge on any atom is -0.508 e. The van der Waals surface area contributed by atoms with Gasteiger partial charge in [-0.15, -0.1) is 0 Å². The molecule has 0 amide bonds. The zero-order chi connectivity index (χ0) is 12.8. The maximum Gasteiger partial charge on any atom is 0.171 e. The molecule has 2 unspecified atom stereocenters. The first-order chi connectivity index (χ1) is 8.08. The molecule has 0 spiro atoms. The second-order valence-corrected chi connectivity index (χ2v) is 4.11. The zero-order valence-electron chi connectivity index (χ0n) is 10.8. The zero-order valence-corrected chi connectivity index (χ0v) is 10.8. The molecule has 0 saturated carbocycles. The standard InChI is InChI=1S/C13H21NO3/c1-9(11-6-5-7-12(15)8-11)14-10(2)13(16-3)17-4/h5-10,13-15H,1-4H3. The van der Waals surface area contributed by atoms with E-state index in [1.54, 1.807) is 26.4 Å². The van der Waals surface area contributed by atoms with Gasteiger partial charge in [0, 0.05) is 20.3 Å². The van der Waals surface area contributed by atoms with Crippen LogP contribution in [-0.2, 0) is 9.47 Å². The monoisotopic (exact) mass is 239 g/mol. The highest BCUT2D eigenvalue weighted by Crippen LogP contribution is 2.18. The van der Waals surface area contributed by atoms with Gasteiger partial charge in [-0.1, -0.05) is 12.1 Å². The van der Waals surface area contributed by atoms with E-state index in [0.717, 1.165) is 5.56 Å². The van der Waals surface area contributed by atoms with Gasteiger partial charge in [0.05, 0.1) is 6.04 Å². The van der Waals surface area contributed by atoms with Crippen molar-refractivity contribution in [2.45, 2.75) is 32.2 Å². The first-order valence-electron chi connectivity index (χ1n) is 5.69. The van der Waals surface area contributed by atoms with E-state index in [1.165, 1.54) is 0 Å². The van der Waals surface area contributed by atoms with Crippen molar-refractivity contribution < 1.29 is 14.6 Å². The Bertz CT molecular complexity index is 339. The Morgan fingerprint density at radius 1 is 1.18 bits per heavy atom. The Morgan fingerprint density at radius 3 is 2.35 bits per heavy atom. The highest BCUT2D eigenvalue weighted by molar-refractivity contribution is 5.29. The number of phenols is 1. The molecule has 1 aromatic carbocycles. The molecule has 2 N–H and O–H groups in total. The number of hydrogen-bond donors (Lipinski definition) is 2. The number of rotatable bonds is 6. The van der Waals surface area contributed by atoms with Crippen LogP contribution in [0.4, 0.5) is 0 Å². The lowest BCUT2D eigenvalue weighted by molar-refractivity contribution is -0.120. The van der Waals surface area contributed by atoms with Crippen molar-refractivity contribution in [1.82, 2.24) is 5.32 Å². The topological polar surface area (TPSA) is 50.7 Å². The molecule has 4 nitrogen and oxygen atoms in total. The first-order valence-corrected chi connectivity index (χ1v) is 5.69. The van der Waals surface area contributed by atoms with E-state index >= 15 is 0 Å². The number of methoxy groups -OCH3 is 2. The van der Waals surface area contributed by atoms with Crippen LogP contribution in [0, 0.1) is 0 Å².